The van der Waals surface area contributed by atoms with Crippen LogP contribution in [0.5, 0.6) is 0 Å². The third-order valence-corrected chi connectivity index (χ3v) is 2.14. The van der Waals surface area contributed by atoms with Gasteiger partial charge in [-0.1, -0.05) is 0 Å². The number of nitrogens with two attached hydrogens (primary N) is 2. The van der Waals surface area contributed by atoms with Gasteiger partial charge >= 0.3 is 0 Å². The maximum Gasteiger partial charge on any atom is 0.264 e. The minimum Gasteiger partial charge on any atom is -0.327 e. The van der Waals surface area contributed by atoms with E-state index in [1.54, 1.807) is 6.92 Å². The Morgan fingerprint density at radius 3 is 2.18 bits per heavy atom. The van der Waals surface area contributed by atoms with Gasteiger partial charge in [0.05, 0.1) is 5.75 Å². The van der Waals surface area contributed by atoms with E-state index in [9.17, 15) is 8.42 Å². The van der Waals surface area contributed by atoms with Gasteiger partial charge < -0.3 is 11.5 Å². The Bertz CT molecular complexity index is 200. The summed E-state index contributed by atoms with van der Waals surface area (Å²) >= 11 is 0. The van der Waals surface area contributed by atoms with Gasteiger partial charge in [0.2, 0.25) is 0 Å². The highest BCUT2D eigenvalue weighted by atomic mass is 32.2. The molecule has 0 aliphatic rings. The molecule has 6 heteroatoms. The van der Waals surface area contributed by atoms with E-state index in [-0.39, 0.29) is 24.3 Å². The highest BCUT2D eigenvalue weighted by Crippen LogP contribution is 1.95. The Morgan fingerprint density at radius 1 is 1.45 bits per heavy atom. The molecule has 68 valence electrons. The number of rotatable bonds is 4. The van der Waals surface area contributed by atoms with E-state index >= 15 is 0 Å². The summed E-state index contributed by atoms with van der Waals surface area (Å²) < 4.78 is 28.8. The largest absolute Gasteiger partial charge is 0.327 e. The molecule has 0 saturated heterocycles. The first-order valence-electron chi connectivity index (χ1n) is 3.29. The van der Waals surface area contributed by atoms with E-state index in [0.717, 1.165) is 0 Å². The molecule has 0 rings (SSSR count). The highest BCUT2D eigenvalue weighted by molar-refractivity contribution is 7.85. The maximum atomic E-state index is 10.2. The molecular weight excluding hydrogens is 168 g/mol. The van der Waals surface area contributed by atoms with Crippen LogP contribution in [0.3, 0.4) is 0 Å². The summed E-state index contributed by atoms with van der Waals surface area (Å²) in [6, 6.07) is -0.631. The zero-order valence-corrected chi connectivity index (χ0v) is 7.21. The first-order chi connectivity index (χ1) is 4.83. The van der Waals surface area contributed by atoms with Crippen LogP contribution in [0.2, 0.25) is 0 Å². The third-order valence-electron chi connectivity index (χ3n) is 1.38. The van der Waals surface area contributed by atoms with Crippen LogP contribution in [0, 0.1) is 0 Å². The summed E-state index contributed by atoms with van der Waals surface area (Å²) in [5.74, 6) is -0.324. The molecule has 0 amide bonds. The second-order valence-corrected chi connectivity index (χ2v) is 4.17. The van der Waals surface area contributed by atoms with Crippen molar-refractivity contribution in [1.29, 1.82) is 0 Å². The zero-order valence-electron chi connectivity index (χ0n) is 6.40. The van der Waals surface area contributed by atoms with Crippen LogP contribution in [-0.4, -0.2) is 30.8 Å². The quantitative estimate of drug-likeness (QED) is 0.480. The molecule has 2 unspecified atom stereocenters. The Balaban J connectivity index is 3.72. The van der Waals surface area contributed by atoms with Gasteiger partial charge in [-0.15, -0.1) is 0 Å². The van der Waals surface area contributed by atoms with Crippen molar-refractivity contribution in [1.82, 2.24) is 0 Å². The fourth-order valence-corrected chi connectivity index (χ4v) is 1.12. The average Bonchev–Trinajstić information content (AvgIpc) is 1.80. The summed E-state index contributed by atoms with van der Waals surface area (Å²) in [5.41, 5.74) is 10.8. The van der Waals surface area contributed by atoms with Crippen molar-refractivity contribution < 1.29 is 13.0 Å². The monoisotopic (exact) mass is 182 g/mol. The number of hydrogen-bond acceptors (Lipinski definition) is 4. The zero-order chi connectivity index (χ0) is 9.07. The standard InChI is InChI=1S/C5H14N2O3S/c1-4(6)5(7)2-3-11(8,9)10/h4-5H,2-3,6-7H2,1H3,(H,8,9,10). The van der Waals surface area contributed by atoms with E-state index in [1.165, 1.54) is 0 Å². The number of hydrogen-bond donors (Lipinski definition) is 3. The molecule has 0 radical (unpaired) electrons. The predicted octanol–water partition coefficient (Wildman–Crippen LogP) is -1.06. The molecule has 0 aromatic heterocycles. The lowest BCUT2D eigenvalue weighted by Gasteiger charge is -2.13. The molecule has 0 bridgehead atoms. The molecule has 0 aromatic carbocycles. The van der Waals surface area contributed by atoms with E-state index in [4.69, 9.17) is 16.0 Å². The second kappa shape index (κ2) is 4.01. The minimum absolute atomic E-state index is 0.191. The van der Waals surface area contributed by atoms with Gasteiger partial charge in [0.1, 0.15) is 0 Å². The summed E-state index contributed by atoms with van der Waals surface area (Å²) in [6.07, 6.45) is 0.191. The van der Waals surface area contributed by atoms with E-state index in [2.05, 4.69) is 0 Å². The molecule has 0 heterocycles. The van der Waals surface area contributed by atoms with Gasteiger partial charge in [-0.05, 0) is 13.3 Å². The van der Waals surface area contributed by atoms with E-state index in [1.807, 2.05) is 0 Å². The Hall–Kier alpha value is -0.170. The van der Waals surface area contributed by atoms with Crippen LogP contribution >= 0.6 is 0 Å². The SMILES string of the molecule is CC(N)C(N)CCS(=O)(=O)O. The van der Waals surface area contributed by atoms with Crippen LogP contribution < -0.4 is 11.5 Å². The smallest absolute Gasteiger partial charge is 0.264 e. The van der Waals surface area contributed by atoms with Gasteiger partial charge in [-0.2, -0.15) is 8.42 Å². The van der Waals surface area contributed by atoms with Crippen molar-refractivity contribution >= 4 is 10.1 Å². The van der Waals surface area contributed by atoms with Gasteiger partial charge in [0, 0.05) is 12.1 Å². The lowest BCUT2D eigenvalue weighted by atomic mass is 10.1. The maximum absolute atomic E-state index is 10.2. The molecule has 11 heavy (non-hydrogen) atoms. The fourth-order valence-electron chi connectivity index (χ4n) is 0.548. The summed E-state index contributed by atoms with van der Waals surface area (Å²) in [6.45, 7) is 1.69. The minimum atomic E-state index is -3.89. The predicted molar refractivity (Wildman–Crippen MR) is 42.7 cm³/mol. The van der Waals surface area contributed by atoms with Gasteiger partial charge in [-0.3, -0.25) is 4.55 Å². The normalized spacial score (nSPS) is 17.8. The molecule has 0 fully saturated rings. The Kier molecular flexibility index (Phi) is 3.95. The lowest BCUT2D eigenvalue weighted by molar-refractivity contribution is 0.470. The molecule has 0 aromatic rings. The van der Waals surface area contributed by atoms with Crippen LogP contribution in [0.15, 0.2) is 0 Å². The van der Waals surface area contributed by atoms with Gasteiger partial charge in [0.25, 0.3) is 10.1 Å². The van der Waals surface area contributed by atoms with E-state index in [0.29, 0.717) is 0 Å². The Labute approximate surface area is 66.5 Å². The van der Waals surface area contributed by atoms with Crippen molar-refractivity contribution in [2.75, 3.05) is 5.75 Å². The molecule has 0 aliphatic heterocycles. The van der Waals surface area contributed by atoms with Crippen molar-refractivity contribution in [3.63, 3.8) is 0 Å². The summed E-state index contributed by atoms with van der Waals surface area (Å²) in [7, 11) is -3.89. The summed E-state index contributed by atoms with van der Waals surface area (Å²) in [5, 5.41) is 0. The van der Waals surface area contributed by atoms with Crippen molar-refractivity contribution in [3.8, 4) is 0 Å². The van der Waals surface area contributed by atoms with Crippen LogP contribution in [0.1, 0.15) is 13.3 Å². The third kappa shape index (κ3) is 6.24. The topological polar surface area (TPSA) is 106 Å². The van der Waals surface area contributed by atoms with Crippen LogP contribution in [0.25, 0.3) is 0 Å². The van der Waals surface area contributed by atoms with Crippen molar-refractivity contribution in [3.05, 3.63) is 0 Å². The molecule has 5 N–H and O–H groups in total. The van der Waals surface area contributed by atoms with Gasteiger partial charge in [0.15, 0.2) is 0 Å². The second-order valence-electron chi connectivity index (χ2n) is 2.60. The van der Waals surface area contributed by atoms with Crippen molar-refractivity contribution in [2.45, 2.75) is 25.4 Å². The molecule has 0 spiro atoms. The fraction of sp³-hybridized carbons (Fsp3) is 1.00. The van der Waals surface area contributed by atoms with Crippen LogP contribution in [0.4, 0.5) is 0 Å². The molecular formula is C5H14N2O3S. The first-order valence-corrected chi connectivity index (χ1v) is 4.90. The average molecular weight is 182 g/mol. The molecule has 2 atom stereocenters. The first kappa shape index (κ1) is 10.8. The molecule has 5 nitrogen and oxygen atoms in total. The molecule has 0 aliphatic carbocycles. The highest BCUT2D eigenvalue weighted by Gasteiger charge is 2.12. The van der Waals surface area contributed by atoms with Gasteiger partial charge in [-0.25, -0.2) is 0 Å². The summed E-state index contributed by atoms with van der Waals surface area (Å²) in [4.78, 5) is 0. The Morgan fingerprint density at radius 2 is 1.91 bits per heavy atom. The lowest BCUT2D eigenvalue weighted by Crippen LogP contribution is -2.40. The van der Waals surface area contributed by atoms with Crippen LogP contribution in [-0.2, 0) is 10.1 Å². The molecule has 0 saturated carbocycles. The van der Waals surface area contributed by atoms with Crippen molar-refractivity contribution in [2.24, 2.45) is 11.5 Å². The van der Waals surface area contributed by atoms with E-state index < -0.39 is 10.1 Å².